The van der Waals surface area contributed by atoms with E-state index in [-0.39, 0.29) is 12.5 Å². The Balaban J connectivity index is 1.63. The van der Waals surface area contributed by atoms with E-state index in [0.29, 0.717) is 19.6 Å². The maximum Gasteiger partial charge on any atom is 0.237 e. The molecule has 1 aliphatic rings. The van der Waals surface area contributed by atoms with Crippen molar-refractivity contribution in [3.63, 3.8) is 0 Å². The van der Waals surface area contributed by atoms with Gasteiger partial charge in [0, 0.05) is 55.3 Å². The highest BCUT2D eigenvalue weighted by molar-refractivity contribution is 5.86. The molecule has 1 aromatic carbocycles. The molecule has 1 amide bonds. The highest BCUT2D eigenvalue weighted by Gasteiger charge is 2.24. The monoisotopic (exact) mass is 331 g/mol. The minimum absolute atomic E-state index is 0.0954. The Morgan fingerprint density at radius 3 is 3.04 bits per heavy atom. The average Bonchev–Trinajstić information content (AvgIpc) is 2.92. The molecule has 0 spiro atoms. The predicted octanol–water partition coefficient (Wildman–Crippen LogP) is 0.992. The average molecular weight is 331 g/mol. The second-order valence-electron chi connectivity index (χ2n) is 6.50. The topological polar surface area (TPSA) is 68.8 Å². The predicted molar refractivity (Wildman–Crippen MR) is 92.8 cm³/mol. The second kappa shape index (κ2) is 7.34. The van der Waals surface area contributed by atoms with E-state index in [1.54, 1.807) is 7.11 Å². The third-order valence-corrected chi connectivity index (χ3v) is 4.52. The van der Waals surface area contributed by atoms with Gasteiger partial charge in [-0.05, 0) is 13.1 Å². The molecule has 0 radical (unpaired) electrons. The van der Waals surface area contributed by atoms with Crippen molar-refractivity contribution in [2.75, 3.05) is 40.4 Å². The Morgan fingerprint density at radius 1 is 1.46 bits per heavy atom. The number of likely N-dealkylation sites (N-methyl/N-ethyl adjacent to an activating group) is 1. The molecule has 0 saturated heterocycles. The number of methoxy groups -OCH3 is 1. The van der Waals surface area contributed by atoms with Gasteiger partial charge in [0.2, 0.25) is 5.91 Å². The Labute approximate surface area is 142 Å². The number of aliphatic hydroxyl groups is 1. The van der Waals surface area contributed by atoms with E-state index in [1.165, 1.54) is 16.6 Å². The number of H-pyrrole nitrogens is 1. The highest BCUT2D eigenvalue weighted by Crippen LogP contribution is 2.27. The molecular weight excluding hydrogens is 306 g/mol. The van der Waals surface area contributed by atoms with Gasteiger partial charge in [-0.2, -0.15) is 0 Å². The number of nitrogens with one attached hydrogen (secondary N) is 1. The Kier molecular flexibility index (Phi) is 5.18. The van der Waals surface area contributed by atoms with Gasteiger partial charge in [0.25, 0.3) is 0 Å². The maximum atomic E-state index is 12.6. The van der Waals surface area contributed by atoms with Gasteiger partial charge >= 0.3 is 0 Å². The normalized spacial score (nSPS) is 15.8. The zero-order valence-electron chi connectivity index (χ0n) is 14.3. The summed E-state index contributed by atoms with van der Waals surface area (Å²) in [5.41, 5.74) is 3.60. The minimum Gasteiger partial charge on any atom is -0.389 e. The third kappa shape index (κ3) is 3.61. The van der Waals surface area contributed by atoms with Crippen molar-refractivity contribution in [1.29, 1.82) is 0 Å². The van der Waals surface area contributed by atoms with E-state index in [4.69, 9.17) is 4.74 Å². The maximum absolute atomic E-state index is 12.6. The van der Waals surface area contributed by atoms with E-state index in [0.717, 1.165) is 18.5 Å². The van der Waals surface area contributed by atoms with E-state index in [2.05, 4.69) is 17.1 Å². The molecule has 6 heteroatoms. The van der Waals surface area contributed by atoms with Gasteiger partial charge in [0.15, 0.2) is 0 Å². The molecule has 130 valence electrons. The van der Waals surface area contributed by atoms with E-state index in [9.17, 15) is 9.90 Å². The van der Waals surface area contributed by atoms with Crippen molar-refractivity contribution in [1.82, 2.24) is 14.8 Å². The van der Waals surface area contributed by atoms with Crippen LogP contribution in [-0.2, 0) is 22.5 Å². The van der Waals surface area contributed by atoms with Gasteiger partial charge in [-0.15, -0.1) is 0 Å². The molecule has 6 nitrogen and oxygen atoms in total. The fourth-order valence-electron chi connectivity index (χ4n) is 3.38. The highest BCUT2D eigenvalue weighted by atomic mass is 16.5. The van der Waals surface area contributed by atoms with Gasteiger partial charge in [-0.3, -0.25) is 9.69 Å². The van der Waals surface area contributed by atoms with Crippen LogP contribution in [0.1, 0.15) is 11.3 Å². The number of carbonyl (C=O) groups is 1. The van der Waals surface area contributed by atoms with Crippen LogP contribution in [0.15, 0.2) is 24.3 Å². The largest absolute Gasteiger partial charge is 0.389 e. The molecule has 1 unspecified atom stereocenters. The number of hydrogen-bond donors (Lipinski definition) is 2. The summed E-state index contributed by atoms with van der Waals surface area (Å²) < 4.78 is 4.92. The first-order valence-corrected chi connectivity index (χ1v) is 8.30. The number of ether oxygens (including phenoxy) is 1. The number of fused-ring (bicyclic) bond motifs is 3. The van der Waals surface area contributed by atoms with Crippen molar-refractivity contribution >= 4 is 16.8 Å². The summed E-state index contributed by atoms with van der Waals surface area (Å²) in [6.45, 7) is 2.38. The third-order valence-electron chi connectivity index (χ3n) is 4.52. The fourth-order valence-corrected chi connectivity index (χ4v) is 3.38. The quantitative estimate of drug-likeness (QED) is 0.828. The Bertz CT molecular complexity index is 713. The SMILES string of the molecule is COCC(O)CN(C)CC(=O)N1CCc2[nH]c3ccccc3c2C1. The van der Waals surface area contributed by atoms with Crippen LogP contribution in [0.25, 0.3) is 10.9 Å². The lowest BCUT2D eigenvalue weighted by molar-refractivity contribution is -0.133. The van der Waals surface area contributed by atoms with E-state index >= 15 is 0 Å². The van der Waals surface area contributed by atoms with Gasteiger partial charge < -0.3 is 19.7 Å². The Hall–Kier alpha value is -1.89. The standard InChI is InChI=1S/C18H25N3O3/c1-20(9-13(22)12-24-2)11-18(23)21-8-7-17-15(10-21)14-5-3-4-6-16(14)19-17/h3-6,13,19,22H,7-12H2,1-2H3. The number of aromatic amines is 1. The van der Waals surface area contributed by atoms with Crippen molar-refractivity contribution in [3.8, 4) is 0 Å². The summed E-state index contributed by atoms with van der Waals surface area (Å²) in [5.74, 6) is 0.0954. The van der Waals surface area contributed by atoms with Gasteiger partial charge in [0.05, 0.1) is 19.3 Å². The van der Waals surface area contributed by atoms with Crippen LogP contribution in [0.4, 0.5) is 0 Å². The Morgan fingerprint density at radius 2 is 2.25 bits per heavy atom. The van der Waals surface area contributed by atoms with Crippen LogP contribution in [0.2, 0.25) is 0 Å². The molecule has 2 N–H and O–H groups in total. The first kappa shape index (κ1) is 17.0. The van der Waals surface area contributed by atoms with Crippen LogP contribution >= 0.6 is 0 Å². The lowest BCUT2D eigenvalue weighted by Crippen LogP contribution is -2.43. The fraction of sp³-hybridized carbons (Fsp3) is 0.500. The number of hydrogen-bond acceptors (Lipinski definition) is 4. The summed E-state index contributed by atoms with van der Waals surface area (Å²) in [4.78, 5) is 19.8. The number of benzene rings is 1. The van der Waals surface area contributed by atoms with Gasteiger partial charge in [-0.25, -0.2) is 0 Å². The molecule has 0 saturated carbocycles. The first-order valence-electron chi connectivity index (χ1n) is 8.30. The van der Waals surface area contributed by atoms with Crippen molar-refractivity contribution in [2.45, 2.75) is 19.1 Å². The van der Waals surface area contributed by atoms with Crippen molar-refractivity contribution in [3.05, 3.63) is 35.5 Å². The molecular formula is C18H25N3O3. The molecule has 24 heavy (non-hydrogen) atoms. The number of aromatic nitrogens is 1. The minimum atomic E-state index is -0.575. The summed E-state index contributed by atoms with van der Waals surface area (Å²) in [7, 11) is 3.40. The molecule has 1 aromatic heterocycles. The molecule has 1 aliphatic heterocycles. The zero-order valence-corrected chi connectivity index (χ0v) is 14.3. The molecule has 0 aliphatic carbocycles. The number of para-hydroxylation sites is 1. The van der Waals surface area contributed by atoms with Crippen LogP contribution in [0.3, 0.4) is 0 Å². The zero-order chi connectivity index (χ0) is 17.1. The van der Waals surface area contributed by atoms with Crippen molar-refractivity contribution < 1.29 is 14.6 Å². The number of aliphatic hydroxyl groups excluding tert-OH is 1. The molecule has 2 heterocycles. The van der Waals surface area contributed by atoms with Crippen LogP contribution in [-0.4, -0.2) is 72.3 Å². The second-order valence-corrected chi connectivity index (χ2v) is 6.50. The van der Waals surface area contributed by atoms with Crippen LogP contribution in [0, 0.1) is 0 Å². The summed E-state index contributed by atoms with van der Waals surface area (Å²) in [5, 5.41) is 11.0. The number of amides is 1. The number of rotatable bonds is 6. The number of nitrogens with zero attached hydrogens (tertiary/aromatic N) is 2. The molecule has 3 rings (SSSR count). The van der Waals surface area contributed by atoms with Crippen molar-refractivity contribution in [2.24, 2.45) is 0 Å². The number of carbonyl (C=O) groups excluding carboxylic acids is 1. The molecule has 0 bridgehead atoms. The van der Waals surface area contributed by atoms with E-state index in [1.807, 2.05) is 29.0 Å². The smallest absolute Gasteiger partial charge is 0.237 e. The van der Waals surface area contributed by atoms with Crippen LogP contribution < -0.4 is 0 Å². The van der Waals surface area contributed by atoms with Crippen LogP contribution in [0.5, 0.6) is 0 Å². The lowest BCUT2D eigenvalue weighted by Gasteiger charge is -2.29. The van der Waals surface area contributed by atoms with Gasteiger partial charge in [0.1, 0.15) is 0 Å². The molecule has 1 atom stereocenters. The first-order chi connectivity index (χ1) is 11.6. The summed E-state index contributed by atoms with van der Waals surface area (Å²) in [6.07, 6.45) is 0.278. The van der Waals surface area contributed by atoms with E-state index < -0.39 is 6.10 Å². The lowest BCUT2D eigenvalue weighted by atomic mass is 10.0. The molecule has 0 fully saturated rings. The molecule has 2 aromatic rings. The summed E-state index contributed by atoms with van der Waals surface area (Å²) in [6, 6.07) is 8.23. The summed E-state index contributed by atoms with van der Waals surface area (Å²) >= 11 is 0. The van der Waals surface area contributed by atoms with Gasteiger partial charge in [-0.1, -0.05) is 18.2 Å².